The van der Waals surface area contributed by atoms with Gasteiger partial charge in [0.1, 0.15) is 5.75 Å². The summed E-state index contributed by atoms with van der Waals surface area (Å²) in [5, 5.41) is 10.5. The van der Waals surface area contributed by atoms with Gasteiger partial charge in [0.05, 0.1) is 4.92 Å². The zero-order valence-corrected chi connectivity index (χ0v) is 12.3. The predicted octanol–water partition coefficient (Wildman–Crippen LogP) is 3.81. The van der Waals surface area contributed by atoms with Crippen LogP contribution < -0.4 is 4.74 Å². The molecule has 2 aromatic rings. The number of nitro groups is 1. The normalized spacial score (nSPS) is 10.2. The largest absolute Gasteiger partial charge is 0.485 e. The number of hydrogen-bond donors (Lipinski definition) is 0. The minimum absolute atomic E-state index is 0.00908. The minimum atomic E-state index is -0.479. The van der Waals surface area contributed by atoms with Crippen molar-refractivity contribution in [3.05, 3.63) is 69.8 Å². The number of rotatable bonds is 7. The van der Waals surface area contributed by atoms with Crippen LogP contribution in [0.5, 0.6) is 5.75 Å². The van der Waals surface area contributed by atoms with Gasteiger partial charge in [-0.1, -0.05) is 37.6 Å². The maximum atomic E-state index is 12.0. The number of nitro benzene ring substituents is 1. The molecule has 0 bridgehead atoms. The Morgan fingerprint density at radius 3 is 2.27 bits per heavy atom. The highest BCUT2D eigenvalue weighted by atomic mass is 16.6. The fourth-order valence-electron chi connectivity index (χ4n) is 2.04. The van der Waals surface area contributed by atoms with Gasteiger partial charge in [-0.15, -0.1) is 0 Å². The fraction of sp³-hybridized carbons (Fsp3) is 0.235. The maximum absolute atomic E-state index is 12.0. The van der Waals surface area contributed by atoms with E-state index in [0.717, 1.165) is 12.8 Å². The summed E-state index contributed by atoms with van der Waals surface area (Å²) in [6.07, 6.45) is 2.06. The quantitative estimate of drug-likeness (QED) is 0.443. The second-order valence-corrected chi connectivity index (χ2v) is 4.91. The fourth-order valence-corrected chi connectivity index (χ4v) is 2.04. The highest BCUT2D eigenvalue weighted by molar-refractivity contribution is 5.97. The number of hydrogen-bond acceptors (Lipinski definition) is 4. The molecule has 5 nitrogen and oxygen atoms in total. The summed E-state index contributed by atoms with van der Waals surface area (Å²) in [6, 6.07) is 13.1. The standard InChI is InChI=1S/C17H17NO4/c1-2-3-13-4-6-14(7-5-13)17(19)12-22-16-10-8-15(9-11-16)18(20)21/h4-11H,2-3,12H2,1H3. The highest BCUT2D eigenvalue weighted by Crippen LogP contribution is 2.17. The Bertz CT molecular complexity index is 647. The molecule has 0 heterocycles. The van der Waals surface area contributed by atoms with Crippen LogP contribution >= 0.6 is 0 Å². The van der Waals surface area contributed by atoms with Crippen LogP contribution in [-0.4, -0.2) is 17.3 Å². The number of aryl methyl sites for hydroxylation is 1. The van der Waals surface area contributed by atoms with Crippen LogP contribution in [-0.2, 0) is 6.42 Å². The first-order chi connectivity index (χ1) is 10.6. The van der Waals surface area contributed by atoms with E-state index in [-0.39, 0.29) is 18.1 Å². The van der Waals surface area contributed by atoms with Crippen molar-refractivity contribution in [2.24, 2.45) is 0 Å². The monoisotopic (exact) mass is 299 g/mol. The van der Waals surface area contributed by atoms with Crippen LogP contribution in [0.25, 0.3) is 0 Å². The summed E-state index contributed by atoms with van der Waals surface area (Å²) in [5.74, 6) is 0.308. The van der Waals surface area contributed by atoms with Crippen LogP contribution in [0.1, 0.15) is 29.3 Å². The van der Waals surface area contributed by atoms with Gasteiger partial charge in [0.15, 0.2) is 12.4 Å². The zero-order valence-electron chi connectivity index (χ0n) is 12.3. The van der Waals surface area contributed by atoms with Crippen LogP contribution in [0, 0.1) is 10.1 Å². The molecule has 0 saturated heterocycles. The van der Waals surface area contributed by atoms with Crippen molar-refractivity contribution in [3.8, 4) is 5.75 Å². The Hall–Kier alpha value is -2.69. The molecular weight excluding hydrogens is 282 g/mol. The lowest BCUT2D eigenvalue weighted by molar-refractivity contribution is -0.384. The SMILES string of the molecule is CCCc1ccc(C(=O)COc2ccc([N+](=O)[O-])cc2)cc1. The molecule has 0 saturated carbocycles. The number of ketones is 1. The van der Waals surface area contributed by atoms with E-state index >= 15 is 0 Å². The van der Waals surface area contributed by atoms with Crippen molar-refractivity contribution in [1.82, 2.24) is 0 Å². The molecule has 0 radical (unpaired) electrons. The molecule has 0 amide bonds. The first kappa shape index (κ1) is 15.7. The Labute approximate surface area is 128 Å². The lowest BCUT2D eigenvalue weighted by Gasteiger charge is -2.06. The first-order valence-corrected chi connectivity index (χ1v) is 7.09. The molecule has 0 aliphatic heterocycles. The predicted molar refractivity (Wildman–Crippen MR) is 83.4 cm³/mol. The van der Waals surface area contributed by atoms with Crippen molar-refractivity contribution < 1.29 is 14.5 Å². The third-order valence-corrected chi connectivity index (χ3v) is 3.23. The second kappa shape index (κ2) is 7.36. The summed E-state index contributed by atoms with van der Waals surface area (Å²) in [7, 11) is 0. The van der Waals surface area contributed by atoms with Gasteiger partial charge in [0.25, 0.3) is 5.69 Å². The van der Waals surface area contributed by atoms with Crippen molar-refractivity contribution in [1.29, 1.82) is 0 Å². The molecule has 0 aromatic heterocycles. The van der Waals surface area contributed by atoms with E-state index in [4.69, 9.17) is 4.74 Å². The van der Waals surface area contributed by atoms with Gasteiger partial charge in [0, 0.05) is 17.7 Å². The van der Waals surface area contributed by atoms with Crippen LogP contribution in [0.15, 0.2) is 48.5 Å². The Kier molecular flexibility index (Phi) is 5.25. The Morgan fingerprint density at radius 2 is 1.73 bits per heavy atom. The molecule has 0 spiro atoms. The van der Waals surface area contributed by atoms with Crippen LogP contribution in [0.3, 0.4) is 0 Å². The number of benzene rings is 2. The van der Waals surface area contributed by atoms with Crippen LogP contribution in [0.4, 0.5) is 5.69 Å². The third-order valence-electron chi connectivity index (χ3n) is 3.23. The number of carbonyl (C=O) groups is 1. The zero-order chi connectivity index (χ0) is 15.9. The molecule has 0 aliphatic rings. The van der Waals surface area contributed by atoms with E-state index in [1.54, 1.807) is 12.1 Å². The summed E-state index contributed by atoms with van der Waals surface area (Å²) in [5.41, 5.74) is 1.79. The van der Waals surface area contributed by atoms with E-state index in [1.807, 2.05) is 12.1 Å². The van der Waals surface area contributed by atoms with Gasteiger partial charge < -0.3 is 4.74 Å². The van der Waals surface area contributed by atoms with E-state index in [0.29, 0.717) is 11.3 Å². The van der Waals surface area contributed by atoms with Gasteiger partial charge in [-0.2, -0.15) is 0 Å². The average molecular weight is 299 g/mol. The van der Waals surface area contributed by atoms with Crippen LogP contribution in [0.2, 0.25) is 0 Å². The molecule has 2 rings (SSSR count). The molecule has 0 N–H and O–H groups in total. The summed E-state index contributed by atoms with van der Waals surface area (Å²) >= 11 is 0. The molecule has 0 unspecified atom stereocenters. The van der Waals surface area contributed by atoms with Gasteiger partial charge in [0.2, 0.25) is 0 Å². The van der Waals surface area contributed by atoms with Crippen molar-refractivity contribution in [2.75, 3.05) is 6.61 Å². The summed E-state index contributed by atoms with van der Waals surface area (Å²) in [6.45, 7) is 2.02. The highest BCUT2D eigenvalue weighted by Gasteiger charge is 2.08. The van der Waals surface area contributed by atoms with Gasteiger partial charge in [-0.3, -0.25) is 14.9 Å². The smallest absolute Gasteiger partial charge is 0.269 e. The first-order valence-electron chi connectivity index (χ1n) is 7.09. The van der Waals surface area contributed by atoms with Gasteiger partial charge in [-0.25, -0.2) is 0 Å². The molecule has 0 fully saturated rings. The van der Waals surface area contributed by atoms with E-state index in [1.165, 1.54) is 29.8 Å². The number of carbonyl (C=O) groups excluding carboxylic acids is 1. The summed E-state index contributed by atoms with van der Waals surface area (Å²) in [4.78, 5) is 22.1. The number of ether oxygens (including phenoxy) is 1. The lowest BCUT2D eigenvalue weighted by Crippen LogP contribution is -2.11. The summed E-state index contributed by atoms with van der Waals surface area (Å²) < 4.78 is 5.36. The van der Waals surface area contributed by atoms with E-state index < -0.39 is 4.92 Å². The average Bonchev–Trinajstić information content (AvgIpc) is 2.54. The Morgan fingerprint density at radius 1 is 1.09 bits per heavy atom. The second-order valence-electron chi connectivity index (χ2n) is 4.91. The van der Waals surface area contributed by atoms with E-state index in [9.17, 15) is 14.9 Å². The number of nitrogens with zero attached hydrogens (tertiary/aromatic N) is 1. The number of non-ortho nitro benzene ring substituents is 1. The van der Waals surface area contributed by atoms with Gasteiger partial charge >= 0.3 is 0 Å². The Balaban J connectivity index is 1.93. The van der Waals surface area contributed by atoms with Crippen molar-refractivity contribution in [2.45, 2.75) is 19.8 Å². The third kappa shape index (κ3) is 4.15. The molecule has 2 aromatic carbocycles. The minimum Gasteiger partial charge on any atom is -0.485 e. The molecule has 0 atom stereocenters. The molecule has 5 heteroatoms. The van der Waals surface area contributed by atoms with E-state index in [2.05, 4.69) is 6.92 Å². The topological polar surface area (TPSA) is 69.4 Å². The molecule has 114 valence electrons. The van der Waals surface area contributed by atoms with Crippen molar-refractivity contribution >= 4 is 11.5 Å². The maximum Gasteiger partial charge on any atom is 0.269 e. The molecule has 22 heavy (non-hydrogen) atoms. The lowest BCUT2D eigenvalue weighted by atomic mass is 10.1. The number of Topliss-reactive ketones (excluding diaryl/α,β-unsaturated/α-hetero) is 1. The van der Waals surface area contributed by atoms with Crippen molar-refractivity contribution in [3.63, 3.8) is 0 Å². The van der Waals surface area contributed by atoms with Gasteiger partial charge in [-0.05, 0) is 24.1 Å². The molecular formula is C17H17NO4. The molecule has 0 aliphatic carbocycles.